The molecule has 86 valence electrons. The molecule has 1 saturated heterocycles. The number of aliphatic hydroxyl groups excluding tert-OH is 1. The van der Waals surface area contributed by atoms with E-state index in [0.29, 0.717) is 13.0 Å². The number of hydrogen-bond acceptors (Lipinski definition) is 3. The van der Waals surface area contributed by atoms with Gasteiger partial charge in [-0.2, -0.15) is 0 Å². The molecule has 0 bridgehead atoms. The van der Waals surface area contributed by atoms with Crippen LogP contribution in [0, 0.1) is 5.82 Å². The standard InChI is InChI=1S/C11H13FN2O2/c12-10-6-13-4-3-9(10)11(16)14-5-1-2-8(15)7-14/h3-4,6,8,15H,1-2,5,7H2. The Bertz CT molecular complexity index is 397. The summed E-state index contributed by atoms with van der Waals surface area (Å²) in [5.74, 6) is -0.994. The Morgan fingerprint density at radius 2 is 2.44 bits per heavy atom. The van der Waals surface area contributed by atoms with Crippen LogP contribution < -0.4 is 0 Å². The number of likely N-dealkylation sites (tertiary alicyclic amines) is 1. The lowest BCUT2D eigenvalue weighted by Crippen LogP contribution is -2.42. The first-order chi connectivity index (χ1) is 7.68. The highest BCUT2D eigenvalue weighted by molar-refractivity contribution is 5.94. The molecule has 4 nitrogen and oxygen atoms in total. The van der Waals surface area contributed by atoms with Crippen molar-refractivity contribution in [2.75, 3.05) is 13.1 Å². The number of β-amino-alcohol motifs (C(OH)–C–C–N with tert-alkyl or cyclic N) is 1. The van der Waals surface area contributed by atoms with Crippen LogP contribution in [-0.4, -0.2) is 40.1 Å². The molecule has 0 saturated carbocycles. The fraction of sp³-hybridized carbons (Fsp3) is 0.455. The van der Waals surface area contributed by atoms with Crippen molar-refractivity contribution < 1.29 is 14.3 Å². The number of carbonyl (C=O) groups is 1. The first-order valence-electron chi connectivity index (χ1n) is 5.25. The van der Waals surface area contributed by atoms with E-state index in [1.165, 1.54) is 17.2 Å². The second-order valence-electron chi connectivity index (χ2n) is 3.90. The third-order valence-electron chi connectivity index (χ3n) is 2.69. The SMILES string of the molecule is O=C(c1ccncc1F)N1CCCC(O)C1. The molecule has 2 rings (SSSR count). The Kier molecular flexibility index (Phi) is 3.14. The number of aromatic nitrogens is 1. The monoisotopic (exact) mass is 224 g/mol. The molecule has 0 aromatic carbocycles. The number of rotatable bonds is 1. The van der Waals surface area contributed by atoms with Crippen LogP contribution in [0.15, 0.2) is 18.5 Å². The van der Waals surface area contributed by atoms with Gasteiger partial charge in [-0.1, -0.05) is 0 Å². The van der Waals surface area contributed by atoms with Gasteiger partial charge in [0.1, 0.15) is 0 Å². The van der Waals surface area contributed by atoms with Crippen LogP contribution in [0.4, 0.5) is 4.39 Å². The van der Waals surface area contributed by atoms with E-state index in [-0.39, 0.29) is 18.0 Å². The van der Waals surface area contributed by atoms with Gasteiger partial charge in [0.05, 0.1) is 17.9 Å². The number of halogens is 1. The summed E-state index contributed by atoms with van der Waals surface area (Å²) in [6.07, 6.45) is 3.36. The molecular formula is C11H13FN2O2. The topological polar surface area (TPSA) is 53.4 Å². The summed E-state index contributed by atoms with van der Waals surface area (Å²) in [4.78, 5) is 17.0. The maximum Gasteiger partial charge on any atom is 0.257 e. The predicted molar refractivity (Wildman–Crippen MR) is 55.3 cm³/mol. The molecule has 1 aliphatic heterocycles. The van der Waals surface area contributed by atoms with E-state index in [1.807, 2.05) is 0 Å². The number of hydrogen-bond donors (Lipinski definition) is 1. The summed E-state index contributed by atoms with van der Waals surface area (Å²) in [5, 5.41) is 9.44. The zero-order valence-corrected chi connectivity index (χ0v) is 8.77. The minimum absolute atomic E-state index is 0.0177. The maximum atomic E-state index is 13.3. The number of pyridine rings is 1. The van der Waals surface area contributed by atoms with Crippen molar-refractivity contribution in [1.82, 2.24) is 9.88 Å². The van der Waals surface area contributed by atoms with Gasteiger partial charge in [-0.3, -0.25) is 9.78 Å². The fourth-order valence-electron chi connectivity index (χ4n) is 1.86. The molecule has 16 heavy (non-hydrogen) atoms. The first-order valence-corrected chi connectivity index (χ1v) is 5.25. The van der Waals surface area contributed by atoms with Gasteiger partial charge in [0, 0.05) is 19.3 Å². The van der Waals surface area contributed by atoms with Crippen molar-refractivity contribution in [3.05, 3.63) is 29.8 Å². The molecule has 1 atom stereocenters. The van der Waals surface area contributed by atoms with Crippen molar-refractivity contribution in [3.8, 4) is 0 Å². The highest BCUT2D eigenvalue weighted by Crippen LogP contribution is 2.15. The van der Waals surface area contributed by atoms with Gasteiger partial charge in [0.15, 0.2) is 5.82 Å². The number of carbonyl (C=O) groups excluding carboxylic acids is 1. The third-order valence-corrected chi connectivity index (χ3v) is 2.69. The minimum atomic E-state index is -0.618. The van der Waals surface area contributed by atoms with Gasteiger partial charge in [-0.05, 0) is 18.9 Å². The summed E-state index contributed by atoms with van der Waals surface area (Å²) in [5.41, 5.74) is 0.0177. The van der Waals surface area contributed by atoms with E-state index < -0.39 is 11.9 Å². The molecule has 1 aromatic heterocycles. The summed E-state index contributed by atoms with van der Waals surface area (Å²) in [6.45, 7) is 0.845. The Labute approximate surface area is 92.7 Å². The zero-order chi connectivity index (χ0) is 11.5. The summed E-state index contributed by atoms with van der Waals surface area (Å²) in [7, 11) is 0. The molecule has 1 amide bonds. The largest absolute Gasteiger partial charge is 0.391 e. The van der Waals surface area contributed by atoms with E-state index in [1.54, 1.807) is 0 Å². The van der Waals surface area contributed by atoms with Crippen molar-refractivity contribution in [3.63, 3.8) is 0 Å². The van der Waals surface area contributed by atoms with Gasteiger partial charge in [0.25, 0.3) is 5.91 Å². The fourth-order valence-corrected chi connectivity index (χ4v) is 1.86. The summed E-state index contributed by atoms with van der Waals surface area (Å²) in [6, 6.07) is 1.36. The molecule has 1 N–H and O–H groups in total. The van der Waals surface area contributed by atoms with Crippen LogP contribution in [0.25, 0.3) is 0 Å². The van der Waals surface area contributed by atoms with Crippen LogP contribution in [0.5, 0.6) is 0 Å². The average molecular weight is 224 g/mol. The predicted octanol–water partition coefficient (Wildman–Crippen LogP) is 0.818. The lowest BCUT2D eigenvalue weighted by atomic mass is 10.1. The van der Waals surface area contributed by atoms with Crippen LogP contribution in [-0.2, 0) is 0 Å². The van der Waals surface area contributed by atoms with E-state index in [2.05, 4.69) is 4.98 Å². The molecule has 5 heteroatoms. The van der Waals surface area contributed by atoms with Crippen molar-refractivity contribution in [1.29, 1.82) is 0 Å². The maximum absolute atomic E-state index is 13.3. The first kappa shape index (κ1) is 11.0. The minimum Gasteiger partial charge on any atom is -0.391 e. The molecule has 2 heterocycles. The summed E-state index contributed by atoms with van der Waals surface area (Å²) >= 11 is 0. The normalized spacial score (nSPS) is 20.9. The van der Waals surface area contributed by atoms with Crippen molar-refractivity contribution in [2.24, 2.45) is 0 Å². The van der Waals surface area contributed by atoms with Crippen LogP contribution in [0.3, 0.4) is 0 Å². The van der Waals surface area contributed by atoms with E-state index >= 15 is 0 Å². The van der Waals surface area contributed by atoms with Gasteiger partial charge in [-0.25, -0.2) is 4.39 Å². The molecule has 0 spiro atoms. The number of aliphatic hydroxyl groups is 1. The molecule has 1 aliphatic rings. The Balaban J connectivity index is 2.16. The van der Waals surface area contributed by atoms with E-state index in [4.69, 9.17) is 0 Å². The number of amides is 1. The molecule has 1 fully saturated rings. The smallest absolute Gasteiger partial charge is 0.257 e. The highest BCUT2D eigenvalue weighted by Gasteiger charge is 2.24. The summed E-state index contributed by atoms with van der Waals surface area (Å²) < 4.78 is 13.3. The second kappa shape index (κ2) is 4.57. The van der Waals surface area contributed by atoms with Crippen molar-refractivity contribution in [2.45, 2.75) is 18.9 Å². The van der Waals surface area contributed by atoms with E-state index in [9.17, 15) is 14.3 Å². The zero-order valence-electron chi connectivity index (χ0n) is 8.77. The lowest BCUT2D eigenvalue weighted by Gasteiger charge is -2.30. The number of piperidine rings is 1. The highest BCUT2D eigenvalue weighted by atomic mass is 19.1. The number of nitrogens with zero attached hydrogens (tertiary/aromatic N) is 2. The molecule has 0 radical (unpaired) electrons. The van der Waals surface area contributed by atoms with E-state index in [0.717, 1.165) is 12.6 Å². The van der Waals surface area contributed by atoms with Crippen LogP contribution >= 0.6 is 0 Å². The molecule has 1 aromatic rings. The molecule has 0 aliphatic carbocycles. The average Bonchev–Trinajstić information content (AvgIpc) is 2.29. The van der Waals surface area contributed by atoms with Gasteiger partial charge in [0.2, 0.25) is 0 Å². The second-order valence-corrected chi connectivity index (χ2v) is 3.90. The Morgan fingerprint density at radius 1 is 1.62 bits per heavy atom. The quantitative estimate of drug-likeness (QED) is 0.768. The molecular weight excluding hydrogens is 211 g/mol. The third kappa shape index (κ3) is 2.19. The van der Waals surface area contributed by atoms with Crippen LogP contribution in [0.1, 0.15) is 23.2 Å². The van der Waals surface area contributed by atoms with Crippen LogP contribution in [0.2, 0.25) is 0 Å². The Morgan fingerprint density at radius 3 is 3.12 bits per heavy atom. The van der Waals surface area contributed by atoms with Gasteiger partial charge < -0.3 is 10.0 Å². The van der Waals surface area contributed by atoms with Gasteiger partial charge >= 0.3 is 0 Å². The Hall–Kier alpha value is -1.49. The molecule has 1 unspecified atom stereocenters. The lowest BCUT2D eigenvalue weighted by molar-refractivity contribution is 0.0470. The van der Waals surface area contributed by atoms with Gasteiger partial charge in [-0.15, -0.1) is 0 Å². The van der Waals surface area contributed by atoms with Crippen molar-refractivity contribution >= 4 is 5.91 Å².